The highest BCUT2D eigenvalue weighted by Gasteiger charge is 2.37. The Bertz CT molecular complexity index is 268. The van der Waals surface area contributed by atoms with E-state index in [0.29, 0.717) is 6.04 Å². The standard InChI is InChI=1S/C17H34N2O/c1-4-9-18-16(14-15-7-12-20-13-8-15)17(2,3)19-10-5-6-11-19/h15-16,18H,4-14H2,1-3H3. The molecule has 3 heteroatoms. The van der Waals surface area contributed by atoms with Crippen LogP contribution in [0.15, 0.2) is 0 Å². The van der Waals surface area contributed by atoms with Crippen molar-refractivity contribution in [3.63, 3.8) is 0 Å². The van der Waals surface area contributed by atoms with Gasteiger partial charge in [-0.1, -0.05) is 6.92 Å². The van der Waals surface area contributed by atoms with E-state index < -0.39 is 0 Å². The summed E-state index contributed by atoms with van der Waals surface area (Å²) in [5, 5.41) is 3.85. The molecule has 1 N–H and O–H groups in total. The van der Waals surface area contributed by atoms with Crippen molar-refractivity contribution in [3.05, 3.63) is 0 Å². The van der Waals surface area contributed by atoms with E-state index in [1.165, 1.54) is 51.6 Å². The molecule has 0 spiro atoms. The summed E-state index contributed by atoms with van der Waals surface area (Å²) in [6.07, 6.45) is 7.79. The summed E-state index contributed by atoms with van der Waals surface area (Å²) in [5.41, 5.74) is 0.282. The normalized spacial score (nSPS) is 24.1. The van der Waals surface area contributed by atoms with Crippen LogP contribution in [0.3, 0.4) is 0 Å². The van der Waals surface area contributed by atoms with Crippen molar-refractivity contribution >= 4 is 0 Å². The summed E-state index contributed by atoms with van der Waals surface area (Å²) < 4.78 is 5.52. The molecule has 0 aromatic heterocycles. The van der Waals surface area contributed by atoms with Gasteiger partial charge in [0.25, 0.3) is 0 Å². The van der Waals surface area contributed by atoms with Crippen LogP contribution in [0.1, 0.15) is 59.3 Å². The monoisotopic (exact) mass is 282 g/mol. The highest BCUT2D eigenvalue weighted by molar-refractivity contribution is 4.96. The zero-order chi connectivity index (χ0) is 14.4. The Labute approximate surface area is 125 Å². The molecule has 1 unspecified atom stereocenters. The van der Waals surface area contributed by atoms with Crippen molar-refractivity contribution < 1.29 is 4.74 Å². The summed E-state index contributed by atoms with van der Waals surface area (Å²) in [6.45, 7) is 12.8. The highest BCUT2D eigenvalue weighted by Crippen LogP contribution is 2.30. The Morgan fingerprint density at radius 3 is 2.45 bits per heavy atom. The molecule has 0 saturated carbocycles. The fourth-order valence-electron chi connectivity index (χ4n) is 3.77. The Balaban J connectivity index is 1.96. The second-order valence-corrected chi connectivity index (χ2v) is 7.15. The topological polar surface area (TPSA) is 24.5 Å². The fraction of sp³-hybridized carbons (Fsp3) is 1.00. The van der Waals surface area contributed by atoms with E-state index >= 15 is 0 Å². The molecule has 2 aliphatic rings. The van der Waals surface area contributed by atoms with Gasteiger partial charge in [-0.2, -0.15) is 0 Å². The summed E-state index contributed by atoms with van der Waals surface area (Å²) in [5.74, 6) is 0.847. The van der Waals surface area contributed by atoms with E-state index in [2.05, 4.69) is 31.0 Å². The second kappa shape index (κ2) is 7.77. The van der Waals surface area contributed by atoms with Gasteiger partial charge < -0.3 is 10.1 Å². The van der Waals surface area contributed by atoms with E-state index in [1.807, 2.05) is 0 Å². The largest absolute Gasteiger partial charge is 0.381 e. The molecule has 0 amide bonds. The minimum absolute atomic E-state index is 0.282. The zero-order valence-electron chi connectivity index (χ0n) is 13.8. The Morgan fingerprint density at radius 2 is 1.85 bits per heavy atom. The lowest BCUT2D eigenvalue weighted by Gasteiger charge is -2.44. The summed E-state index contributed by atoms with van der Waals surface area (Å²) in [7, 11) is 0. The highest BCUT2D eigenvalue weighted by atomic mass is 16.5. The van der Waals surface area contributed by atoms with Gasteiger partial charge in [0.2, 0.25) is 0 Å². The average molecular weight is 282 g/mol. The summed E-state index contributed by atoms with van der Waals surface area (Å²) in [4.78, 5) is 2.71. The Hall–Kier alpha value is -0.120. The van der Waals surface area contributed by atoms with Crippen LogP contribution in [0.2, 0.25) is 0 Å². The number of likely N-dealkylation sites (tertiary alicyclic amines) is 1. The molecule has 0 aromatic rings. The fourth-order valence-corrected chi connectivity index (χ4v) is 3.77. The maximum Gasteiger partial charge on any atom is 0.0468 e. The molecule has 0 aromatic carbocycles. The van der Waals surface area contributed by atoms with Crippen LogP contribution in [0.4, 0.5) is 0 Å². The number of nitrogens with one attached hydrogen (secondary N) is 1. The van der Waals surface area contributed by atoms with Gasteiger partial charge in [-0.15, -0.1) is 0 Å². The lowest BCUT2D eigenvalue weighted by Crippen LogP contribution is -2.57. The molecule has 2 rings (SSSR count). The molecule has 2 fully saturated rings. The predicted octanol–water partition coefficient (Wildman–Crippen LogP) is 3.05. The maximum atomic E-state index is 5.52. The number of rotatable bonds is 7. The van der Waals surface area contributed by atoms with E-state index in [0.717, 1.165) is 25.7 Å². The van der Waals surface area contributed by atoms with Gasteiger partial charge in [0.1, 0.15) is 0 Å². The molecule has 118 valence electrons. The van der Waals surface area contributed by atoms with Crippen molar-refractivity contribution in [3.8, 4) is 0 Å². The minimum atomic E-state index is 0.282. The molecule has 2 saturated heterocycles. The van der Waals surface area contributed by atoms with Crippen LogP contribution in [-0.4, -0.2) is 49.3 Å². The van der Waals surface area contributed by atoms with Crippen molar-refractivity contribution in [2.45, 2.75) is 70.9 Å². The van der Waals surface area contributed by atoms with Crippen molar-refractivity contribution in [1.29, 1.82) is 0 Å². The molecule has 0 radical (unpaired) electrons. The van der Waals surface area contributed by atoms with E-state index in [9.17, 15) is 0 Å². The third kappa shape index (κ3) is 4.19. The smallest absolute Gasteiger partial charge is 0.0468 e. The Morgan fingerprint density at radius 1 is 1.20 bits per heavy atom. The lowest BCUT2D eigenvalue weighted by atomic mass is 9.82. The number of hydrogen-bond donors (Lipinski definition) is 1. The Kier molecular flexibility index (Phi) is 6.31. The third-order valence-electron chi connectivity index (χ3n) is 5.32. The SMILES string of the molecule is CCCNC(CC1CCOCC1)C(C)(C)N1CCCC1. The van der Waals surface area contributed by atoms with Gasteiger partial charge in [-0.25, -0.2) is 0 Å². The first kappa shape index (κ1) is 16.3. The number of nitrogens with zero attached hydrogens (tertiary/aromatic N) is 1. The summed E-state index contributed by atoms with van der Waals surface area (Å²) in [6, 6.07) is 0.614. The van der Waals surface area contributed by atoms with E-state index in [4.69, 9.17) is 4.74 Å². The first-order chi connectivity index (χ1) is 9.64. The lowest BCUT2D eigenvalue weighted by molar-refractivity contribution is 0.0425. The number of ether oxygens (including phenoxy) is 1. The molecule has 0 bridgehead atoms. The summed E-state index contributed by atoms with van der Waals surface area (Å²) >= 11 is 0. The first-order valence-corrected chi connectivity index (χ1v) is 8.70. The van der Waals surface area contributed by atoms with Crippen LogP contribution in [0, 0.1) is 5.92 Å². The second-order valence-electron chi connectivity index (χ2n) is 7.15. The van der Waals surface area contributed by atoms with Crippen molar-refractivity contribution in [2.75, 3.05) is 32.8 Å². The predicted molar refractivity (Wildman–Crippen MR) is 85.1 cm³/mol. The van der Waals surface area contributed by atoms with Crippen LogP contribution in [-0.2, 0) is 4.74 Å². The van der Waals surface area contributed by atoms with Gasteiger partial charge in [0, 0.05) is 24.8 Å². The first-order valence-electron chi connectivity index (χ1n) is 8.70. The van der Waals surface area contributed by atoms with Gasteiger partial charge >= 0.3 is 0 Å². The molecule has 1 atom stereocenters. The van der Waals surface area contributed by atoms with Crippen LogP contribution >= 0.6 is 0 Å². The maximum absolute atomic E-state index is 5.52. The van der Waals surface area contributed by atoms with E-state index in [1.54, 1.807) is 0 Å². The van der Waals surface area contributed by atoms with Gasteiger partial charge in [0.05, 0.1) is 0 Å². The molecular weight excluding hydrogens is 248 g/mol. The van der Waals surface area contributed by atoms with Gasteiger partial charge in [-0.05, 0) is 77.9 Å². The van der Waals surface area contributed by atoms with Crippen LogP contribution in [0.25, 0.3) is 0 Å². The van der Waals surface area contributed by atoms with Crippen LogP contribution < -0.4 is 5.32 Å². The molecule has 0 aliphatic carbocycles. The molecule has 2 heterocycles. The minimum Gasteiger partial charge on any atom is -0.381 e. The molecular formula is C17H34N2O. The van der Waals surface area contributed by atoms with Crippen molar-refractivity contribution in [1.82, 2.24) is 10.2 Å². The molecule has 20 heavy (non-hydrogen) atoms. The van der Waals surface area contributed by atoms with Gasteiger partial charge in [-0.3, -0.25) is 4.90 Å². The van der Waals surface area contributed by atoms with Gasteiger partial charge in [0.15, 0.2) is 0 Å². The quantitative estimate of drug-likeness (QED) is 0.777. The molecule has 3 nitrogen and oxygen atoms in total. The van der Waals surface area contributed by atoms with Crippen molar-refractivity contribution in [2.24, 2.45) is 5.92 Å². The molecule has 2 aliphatic heterocycles. The third-order valence-corrected chi connectivity index (χ3v) is 5.32. The van der Waals surface area contributed by atoms with Crippen LogP contribution in [0.5, 0.6) is 0 Å². The number of hydrogen-bond acceptors (Lipinski definition) is 3. The zero-order valence-corrected chi connectivity index (χ0v) is 13.8. The average Bonchev–Trinajstić information content (AvgIpc) is 2.99. The van der Waals surface area contributed by atoms with E-state index in [-0.39, 0.29) is 5.54 Å².